The summed E-state index contributed by atoms with van der Waals surface area (Å²) >= 11 is 0. The molecule has 0 saturated heterocycles. The Balaban J connectivity index is 1.72. The first-order valence-corrected chi connectivity index (χ1v) is 10.1. The van der Waals surface area contributed by atoms with Crippen molar-refractivity contribution in [1.82, 2.24) is 15.3 Å². The number of nitrogens with one attached hydrogen (secondary N) is 2. The largest absolute Gasteiger partial charge is 0.434 e. The van der Waals surface area contributed by atoms with E-state index in [1.807, 2.05) is 0 Å². The standard InChI is InChI=1S/C20H18F7N7/c21-11-5-12(22)7-13(6-11)30-17-32-16(14-8-29-9-15(31-14)19(25,26)27)33-20(28,34-17)10-1-3-18(23,24)4-2-10/h5-10H,1-4,28H2,(H2,30,32,33,34). The molecule has 2 aliphatic rings. The normalized spacial score (nSPS) is 23.1. The van der Waals surface area contributed by atoms with Crippen molar-refractivity contribution >= 4 is 17.5 Å². The van der Waals surface area contributed by atoms with E-state index >= 15 is 0 Å². The van der Waals surface area contributed by atoms with Crippen molar-refractivity contribution in [3.63, 3.8) is 0 Å². The Bertz CT molecular complexity index is 1120. The van der Waals surface area contributed by atoms with Gasteiger partial charge in [0.2, 0.25) is 17.7 Å². The van der Waals surface area contributed by atoms with Crippen LogP contribution in [0.2, 0.25) is 0 Å². The minimum absolute atomic E-state index is 0.0556. The van der Waals surface area contributed by atoms with E-state index in [0.29, 0.717) is 12.3 Å². The minimum Gasteiger partial charge on any atom is -0.326 e. The molecule has 2 heterocycles. The Morgan fingerprint density at radius 3 is 2.26 bits per heavy atom. The molecule has 4 N–H and O–H groups in total. The van der Waals surface area contributed by atoms with E-state index in [-0.39, 0.29) is 36.0 Å². The van der Waals surface area contributed by atoms with Gasteiger partial charge in [-0.15, -0.1) is 0 Å². The lowest BCUT2D eigenvalue weighted by molar-refractivity contribution is -0.141. The number of hydrogen-bond acceptors (Lipinski definition) is 7. The number of nitrogens with two attached hydrogens (primary N) is 1. The highest BCUT2D eigenvalue weighted by molar-refractivity contribution is 6.12. The lowest BCUT2D eigenvalue weighted by Crippen LogP contribution is -2.54. The van der Waals surface area contributed by atoms with Crippen molar-refractivity contribution in [3.8, 4) is 0 Å². The zero-order chi connectivity index (χ0) is 24.7. The second-order valence-corrected chi connectivity index (χ2v) is 8.03. The van der Waals surface area contributed by atoms with E-state index in [1.165, 1.54) is 0 Å². The van der Waals surface area contributed by atoms with Gasteiger partial charge in [-0.05, 0) is 25.0 Å². The maximum Gasteiger partial charge on any atom is 0.434 e. The van der Waals surface area contributed by atoms with Gasteiger partial charge in [-0.3, -0.25) is 10.7 Å². The quantitative estimate of drug-likeness (QED) is 0.566. The minimum atomic E-state index is -4.79. The first kappa shape index (κ1) is 23.9. The lowest BCUT2D eigenvalue weighted by Gasteiger charge is -2.38. The van der Waals surface area contributed by atoms with Gasteiger partial charge in [-0.2, -0.15) is 13.2 Å². The molecular weight excluding hydrogens is 471 g/mol. The van der Waals surface area contributed by atoms with Crippen LogP contribution in [0.25, 0.3) is 0 Å². The topological polar surface area (TPSA) is 101 Å². The second-order valence-electron chi connectivity index (χ2n) is 8.03. The van der Waals surface area contributed by atoms with E-state index < -0.39 is 54.0 Å². The Hall–Kier alpha value is -3.29. The van der Waals surface area contributed by atoms with Crippen molar-refractivity contribution in [1.29, 1.82) is 0 Å². The molecule has 2 aromatic rings. The highest BCUT2D eigenvalue weighted by atomic mass is 19.4. The summed E-state index contributed by atoms with van der Waals surface area (Å²) < 4.78 is 93.9. The molecule has 0 bridgehead atoms. The van der Waals surface area contributed by atoms with Crippen LogP contribution in [0.4, 0.5) is 36.4 Å². The SMILES string of the molecule is NC1(C2CCC(F)(F)CC2)N=C(Nc2cc(F)cc(F)c2)NC(c2cncc(C(F)(F)F)n2)=N1. The van der Waals surface area contributed by atoms with Gasteiger partial charge < -0.3 is 10.6 Å². The molecule has 0 radical (unpaired) electrons. The summed E-state index contributed by atoms with van der Waals surface area (Å²) in [5, 5.41) is 5.19. The van der Waals surface area contributed by atoms with Gasteiger partial charge in [0.25, 0.3) is 0 Å². The van der Waals surface area contributed by atoms with E-state index in [0.717, 1.165) is 18.3 Å². The number of halogens is 7. The molecule has 0 amide bonds. The fraction of sp³-hybridized carbons (Fsp3) is 0.400. The van der Waals surface area contributed by atoms with E-state index in [4.69, 9.17) is 5.73 Å². The van der Waals surface area contributed by atoms with Crippen LogP contribution < -0.4 is 16.4 Å². The summed E-state index contributed by atoms with van der Waals surface area (Å²) in [6, 6.07) is 2.53. The van der Waals surface area contributed by atoms with Crippen LogP contribution in [-0.4, -0.2) is 33.5 Å². The molecular formula is C20H18F7N7. The monoisotopic (exact) mass is 489 g/mol. The predicted molar refractivity (Wildman–Crippen MR) is 108 cm³/mol. The average Bonchev–Trinajstić information content (AvgIpc) is 2.72. The Morgan fingerprint density at radius 2 is 1.65 bits per heavy atom. The molecule has 1 aromatic carbocycles. The number of nitrogens with zero attached hydrogens (tertiary/aromatic N) is 4. The number of rotatable bonds is 3. The van der Waals surface area contributed by atoms with Crippen LogP contribution in [0.15, 0.2) is 40.6 Å². The summed E-state index contributed by atoms with van der Waals surface area (Å²) in [6.45, 7) is 0. The zero-order valence-corrected chi connectivity index (χ0v) is 17.3. The smallest absolute Gasteiger partial charge is 0.326 e. The van der Waals surface area contributed by atoms with Gasteiger partial charge in [0.15, 0.2) is 11.5 Å². The molecule has 1 atom stereocenters. The van der Waals surface area contributed by atoms with Crippen LogP contribution in [0.5, 0.6) is 0 Å². The van der Waals surface area contributed by atoms with Gasteiger partial charge in [-0.1, -0.05) is 0 Å². The molecule has 4 rings (SSSR count). The number of aromatic nitrogens is 2. The molecule has 1 fully saturated rings. The molecule has 34 heavy (non-hydrogen) atoms. The summed E-state index contributed by atoms with van der Waals surface area (Å²) in [4.78, 5) is 15.5. The molecule has 1 aliphatic heterocycles. The van der Waals surface area contributed by atoms with Gasteiger partial charge in [0, 0.05) is 30.5 Å². The zero-order valence-electron chi connectivity index (χ0n) is 17.3. The first-order chi connectivity index (χ1) is 15.8. The third-order valence-electron chi connectivity index (χ3n) is 5.43. The van der Waals surface area contributed by atoms with Crippen LogP contribution in [0.1, 0.15) is 37.1 Å². The van der Waals surface area contributed by atoms with Crippen molar-refractivity contribution in [2.45, 2.75) is 43.6 Å². The predicted octanol–water partition coefficient (Wildman–Crippen LogP) is 4.03. The third-order valence-corrected chi connectivity index (χ3v) is 5.43. The van der Waals surface area contributed by atoms with Crippen LogP contribution in [0, 0.1) is 17.6 Å². The Morgan fingerprint density at radius 1 is 1.00 bits per heavy atom. The number of anilines is 1. The van der Waals surface area contributed by atoms with Gasteiger partial charge >= 0.3 is 6.18 Å². The van der Waals surface area contributed by atoms with Crippen molar-refractivity contribution in [3.05, 3.63) is 53.6 Å². The molecule has 1 unspecified atom stereocenters. The maximum atomic E-state index is 13.7. The number of benzene rings is 1. The average molecular weight is 489 g/mol. The lowest BCUT2D eigenvalue weighted by atomic mass is 9.82. The molecule has 1 saturated carbocycles. The van der Waals surface area contributed by atoms with Crippen molar-refractivity contribution in [2.24, 2.45) is 21.6 Å². The highest BCUT2D eigenvalue weighted by Gasteiger charge is 2.45. The number of aliphatic imine (C=N–C) groups is 2. The summed E-state index contributed by atoms with van der Waals surface area (Å²) in [6.07, 6.45) is -4.31. The summed E-state index contributed by atoms with van der Waals surface area (Å²) in [5.74, 6) is -7.70. The highest BCUT2D eigenvalue weighted by Crippen LogP contribution is 2.41. The van der Waals surface area contributed by atoms with Crippen molar-refractivity contribution in [2.75, 3.05) is 5.32 Å². The number of amidine groups is 1. The second kappa shape index (κ2) is 8.49. The van der Waals surface area contributed by atoms with Crippen molar-refractivity contribution < 1.29 is 30.7 Å². The molecule has 7 nitrogen and oxygen atoms in total. The summed E-state index contributed by atoms with van der Waals surface area (Å²) in [5.41, 5.74) is 4.64. The molecule has 1 aliphatic carbocycles. The first-order valence-electron chi connectivity index (χ1n) is 10.1. The van der Waals surface area contributed by atoms with Crippen LogP contribution in [0.3, 0.4) is 0 Å². The third kappa shape index (κ3) is 5.26. The van der Waals surface area contributed by atoms with Crippen LogP contribution >= 0.6 is 0 Å². The summed E-state index contributed by atoms with van der Waals surface area (Å²) in [7, 11) is 0. The number of guanidine groups is 1. The van der Waals surface area contributed by atoms with Gasteiger partial charge in [-0.25, -0.2) is 32.5 Å². The van der Waals surface area contributed by atoms with E-state index in [2.05, 4.69) is 30.6 Å². The maximum absolute atomic E-state index is 13.7. The van der Waals surface area contributed by atoms with Gasteiger partial charge in [0.05, 0.1) is 12.4 Å². The fourth-order valence-corrected chi connectivity index (χ4v) is 3.76. The number of hydrogen-bond donors (Lipinski definition) is 3. The Kier molecular flexibility index (Phi) is 5.96. The molecule has 182 valence electrons. The van der Waals surface area contributed by atoms with Gasteiger partial charge in [0.1, 0.15) is 17.3 Å². The number of alkyl halides is 5. The van der Waals surface area contributed by atoms with E-state index in [9.17, 15) is 30.7 Å². The van der Waals surface area contributed by atoms with E-state index in [1.54, 1.807) is 0 Å². The van der Waals surface area contributed by atoms with Crippen LogP contribution in [-0.2, 0) is 6.18 Å². The Labute approximate surface area is 188 Å². The fourth-order valence-electron chi connectivity index (χ4n) is 3.76. The molecule has 1 aromatic heterocycles. The molecule has 0 spiro atoms. The molecule has 14 heteroatoms.